The van der Waals surface area contributed by atoms with Gasteiger partial charge in [-0.2, -0.15) is 4.89 Å². The van der Waals surface area contributed by atoms with E-state index in [9.17, 15) is 5.11 Å². The van der Waals surface area contributed by atoms with E-state index >= 15 is 0 Å². The van der Waals surface area contributed by atoms with Crippen molar-refractivity contribution in [2.75, 3.05) is 7.11 Å². The molecule has 0 unspecified atom stereocenters. The Morgan fingerprint density at radius 2 is 1.36 bits per heavy atom. The Morgan fingerprint density at radius 3 is 1.91 bits per heavy atom. The van der Waals surface area contributed by atoms with Crippen LogP contribution in [0.25, 0.3) is 0 Å². The first-order chi connectivity index (χ1) is 10.7. The van der Waals surface area contributed by atoms with E-state index in [0.29, 0.717) is 11.5 Å². The second-order valence-corrected chi connectivity index (χ2v) is 5.96. The van der Waals surface area contributed by atoms with E-state index in [4.69, 9.17) is 9.78 Å². The first-order valence-corrected chi connectivity index (χ1v) is 7.85. The third-order valence-electron chi connectivity index (χ3n) is 4.71. The van der Waals surface area contributed by atoms with Gasteiger partial charge in [-0.05, 0) is 48.2 Å². The molecule has 0 saturated heterocycles. The Morgan fingerprint density at radius 1 is 0.818 bits per heavy atom. The second-order valence-electron chi connectivity index (χ2n) is 5.96. The Balaban J connectivity index is 2.00. The van der Waals surface area contributed by atoms with Crippen molar-refractivity contribution in [3.63, 3.8) is 0 Å². The van der Waals surface area contributed by atoms with Crippen LogP contribution < -0.4 is 4.89 Å². The van der Waals surface area contributed by atoms with E-state index < -0.39 is 0 Å². The number of aromatic hydroxyl groups is 1. The highest BCUT2D eigenvalue weighted by molar-refractivity contribution is 5.43. The highest BCUT2D eigenvalue weighted by Gasteiger charge is 2.35. The zero-order valence-corrected chi connectivity index (χ0v) is 12.9. The Labute approximate surface area is 131 Å². The predicted octanol–water partition coefficient (Wildman–Crippen LogP) is 4.58. The Kier molecular flexibility index (Phi) is 4.34. The molecule has 22 heavy (non-hydrogen) atoms. The van der Waals surface area contributed by atoms with Gasteiger partial charge in [-0.15, -0.1) is 0 Å². The molecule has 0 heterocycles. The van der Waals surface area contributed by atoms with Crippen molar-refractivity contribution in [2.24, 2.45) is 0 Å². The van der Waals surface area contributed by atoms with Crippen molar-refractivity contribution in [1.29, 1.82) is 0 Å². The summed E-state index contributed by atoms with van der Waals surface area (Å²) in [6, 6.07) is 15.9. The van der Waals surface area contributed by atoms with Gasteiger partial charge in [0.15, 0.2) is 5.75 Å². The average Bonchev–Trinajstić information content (AvgIpc) is 2.57. The van der Waals surface area contributed by atoms with Crippen LogP contribution in [0.4, 0.5) is 0 Å². The normalized spacial score (nSPS) is 17.1. The van der Waals surface area contributed by atoms with Gasteiger partial charge in [0.25, 0.3) is 0 Å². The van der Waals surface area contributed by atoms with Gasteiger partial charge in [0.1, 0.15) is 5.75 Å². The third-order valence-corrected chi connectivity index (χ3v) is 4.71. The molecule has 0 aliphatic heterocycles. The van der Waals surface area contributed by atoms with Crippen molar-refractivity contribution in [1.82, 2.24) is 0 Å². The summed E-state index contributed by atoms with van der Waals surface area (Å²) in [4.78, 5) is 9.78. The molecule has 0 amide bonds. The smallest absolute Gasteiger partial charge is 0.165 e. The fourth-order valence-corrected chi connectivity index (χ4v) is 3.61. The molecule has 1 aliphatic rings. The molecule has 0 atom stereocenters. The van der Waals surface area contributed by atoms with Gasteiger partial charge >= 0.3 is 0 Å². The number of phenolic OH excluding ortho intramolecular Hbond substituents is 1. The second kappa shape index (κ2) is 6.41. The van der Waals surface area contributed by atoms with Crippen LogP contribution in [0.5, 0.6) is 11.5 Å². The first kappa shape index (κ1) is 14.9. The SMILES string of the molecule is COOc1ccc(C2(c3ccc(O)cc3)CCCCC2)cc1. The Bertz CT molecular complexity index is 596. The number of hydrogen-bond acceptors (Lipinski definition) is 3. The standard InChI is InChI=1S/C19H22O3/c1-21-22-18-11-7-16(8-12-18)19(13-3-2-4-14-19)15-5-9-17(20)10-6-15/h5-12,20H,2-4,13-14H2,1H3. The molecule has 3 heteroatoms. The molecule has 0 aromatic heterocycles. The number of hydrogen-bond donors (Lipinski definition) is 1. The van der Waals surface area contributed by atoms with Crippen LogP contribution in [-0.4, -0.2) is 12.2 Å². The lowest BCUT2D eigenvalue weighted by Gasteiger charge is -2.38. The van der Waals surface area contributed by atoms with E-state index in [0.717, 1.165) is 12.8 Å². The molecule has 2 aromatic carbocycles. The molecule has 1 fully saturated rings. The van der Waals surface area contributed by atoms with Gasteiger partial charge in [-0.3, -0.25) is 0 Å². The molecule has 3 rings (SSSR count). The van der Waals surface area contributed by atoms with Gasteiger partial charge in [0, 0.05) is 5.41 Å². The molecule has 1 saturated carbocycles. The van der Waals surface area contributed by atoms with Crippen LogP contribution in [0, 0.1) is 0 Å². The molecule has 3 nitrogen and oxygen atoms in total. The maximum atomic E-state index is 9.57. The molecule has 2 aromatic rings. The van der Waals surface area contributed by atoms with Gasteiger partial charge < -0.3 is 9.99 Å². The van der Waals surface area contributed by atoms with Crippen LogP contribution in [0.15, 0.2) is 48.5 Å². The fraction of sp³-hybridized carbons (Fsp3) is 0.368. The van der Waals surface area contributed by atoms with Gasteiger partial charge in [-0.25, -0.2) is 0 Å². The average molecular weight is 298 g/mol. The molecule has 1 N–H and O–H groups in total. The van der Waals surface area contributed by atoms with Crippen LogP contribution in [0.1, 0.15) is 43.2 Å². The fourth-order valence-electron chi connectivity index (χ4n) is 3.61. The summed E-state index contributed by atoms with van der Waals surface area (Å²) < 4.78 is 0. The quantitative estimate of drug-likeness (QED) is 0.663. The molecule has 1 aliphatic carbocycles. The van der Waals surface area contributed by atoms with Crippen molar-refractivity contribution < 1.29 is 14.9 Å². The van der Waals surface area contributed by atoms with E-state index in [1.165, 1.54) is 37.5 Å². The highest BCUT2D eigenvalue weighted by atomic mass is 17.2. The maximum Gasteiger partial charge on any atom is 0.165 e. The van der Waals surface area contributed by atoms with E-state index in [2.05, 4.69) is 24.3 Å². The number of rotatable bonds is 4. The molecule has 0 radical (unpaired) electrons. The summed E-state index contributed by atoms with van der Waals surface area (Å²) in [6.45, 7) is 0. The first-order valence-electron chi connectivity index (χ1n) is 7.85. The predicted molar refractivity (Wildman–Crippen MR) is 86.1 cm³/mol. The van der Waals surface area contributed by atoms with Gasteiger partial charge in [0.05, 0.1) is 7.11 Å². The molecule has 116 valence electrons. The maximum absolute atomic E-state index is 9.57. The topological polar surface area (TPSA) is 38.7 Å². The summed E-state index contributed by atoms with van der Waals surface area (Å²) in [6.07, 6.45) is 6.05. The summed E-state index contributed by atoms with van der Waals surface area (Å²) in [7, 11) is 1.51. The van der Waals surface area contributed by atoms with Crippen LogP contribution in [0.2, 0.25) is 0 Å². The van der Waals surface area contributed by atoms with E-state index in [1.807, 2.05) is 12.1 Å². The lowest BCUT2D eigenvalue weighted by molar-refractivity contribution is -0.178. The van der Waals surface area contributed by atoms with Crippen molar-refractivity contribution in [2.45, 2.75) is 37.5 Å². The minimum atomic E-state index is 0.0392. The molecule has 0 spiro atoms. The van der Waals surface area contributed by atoms with Gasteiger partial charge in [0.2, 0.25) is 0 Å². The zero-order valence-electron chi connectivity index (χ0n) is 12.9. The number of phenols is 1. The summed E-state index contributed by atoms with van der Waals surface area (Å²) in [5.41, 5.74) is 2.63. The monoisotopic (exact) mass is 298 g/mol. The van der Waals surface area contributed by atoms with Gasteiger partial charge in [-0.1, -0.05) is 43.5 Å². The number of benzene rings is 2. The summed E-state index contributed by atoms with van der Waals surface area (Å²) >= 11 is 0. The van der Waals surface area contributed by atoms with Crippen LogP contribution >= 0.6 is 0 Å². The summed E-state index contributed by atoms with van der Waals surface area (Å²) in [5.74, 6) is 1.03. The van der Waals surface area contributed by atoms with Crippen molar-refractivity contribution in [3.8, 4) is 11.5 Å². The van der Waals surface area contributed by atoms with Crippen LogP contribution in [-0.2, 0) is 10.3 Å². The van der Waals surface area contributed by atoms with Crippen molar-refractivity contribution >= 4 is 0 Å². The largest absolute Gasteiger partial charge is 0.508 e. The minimum Gasteiger partial charge on any atom is -0.508 e. The zero-order chi connectivity index (χ0) is 15.4. The van der Waals surface area contributed by atoms with Crippen LogP contribution in [0.3, 0.4) is 0 Å². The summed E-state index contributed by atoms with van der Waals surface area (Å²) in [5, 5.41) is 9.57. The lowest BCUT2D eigenvalue weighted by atomic mass is 9.65. The minimum absolute atomic E-state index is 0.0392. The highest BCUT2D eigenvalue weighted by Crippen LogP contribution is 2.45. The molecular formula is C19H22O3. The van der Waals surface area contributed by atoms with Crippen molar-refractivity contribution in [3.05, 3.63) is 59.7 Å². The Hall–Kier alpha value is -2.00. The molecule has 0 bridgehead atoms. The van der Waals surface area contributed by atoms with E-state index in [-0.39, 0.29) is 5.41 Å². The third kappa shape index (κ3) is 2.81. The van der Waals surface area contributed by atoms with E-state index in [1.54, 1.807) is 12.1 Å². The molecular weight excluding hydrogens is 276 g/mol. The lowest BCUT2D eigenvalue weighted by Crippen LogP contribution is -2.30.